The number of amides is 1. The molecule has 0 saturated carbocycles. The quantitative estimate of drug-likeness (QED) is 0.727. The molecule has 1 aliphatic heterocycles. The number of piperazine rings is 1. The monoisotopic (exact) mass is 205 g/mol. The molecule has 1 aromatic heterocycles. The van der Waals surface area contributed by atoms with E-state index in [1.807, 2.05) is 4.90 Å². The predicted octanol–water partition coefficient (Wildman–Crippen LogP) is 0.516. The first-order chi connectivity index (χ1) is 7.27. The lowest BCUT2D eigenvalue weighted by atomic mass is 10.2. The van der Waals surface area contributed by atoms with Crippen LogP contribution in [0.5, 0.6) is 0 Å². The van der Waals surface area contributed by atoms with Crippen molar-refractivity contribution in [3.05, 3.63) is 30.1 Å². The van der Waals surface area contributed by atoms with Crippen molar-refractivity contribution in [2.24, 2.45) is 0 Å². The molecule has 0 radical (unpaired) electrons. The molecule has 1 atom stereocenters. The fourth-order valence-electron chi connectivity index (χ4n) is 1.79. The van der Waals surface area contributed by atoms with Crippen molar-refractivity contribution in [2.45, 2.75) is 13.0 Å². The van der Waals surface area contributed by atoms with Crippen LogP contribution in [0.4, 0.5) is 0 Å². The van der Waals surface area contributed by atoms with Crippen LogP contribution in [0, 0.1) is 0 Å². The number of pyridine rings is 1. The van der Waals surface area contributed by atoms with Gasteiger partial charge in [-0.15, -0.1) is 0 Å². The molecule has 0 aliphatic carbocycles. The third kappa shape index (κ3) is 2.33. The Labute approximate surface area is 89.3 Å². The van der Waals surface area contributed by atoms with E-state index in [0.29, 0.717) is 6.04 Å². The maximum absolute atomic E-state index is 12.0. The van der Waals surface area contributed by atoms with Crippen LogP contribution < -0.4 is 5.32 Å². The lowest BCUT2D eigenvalue weighted by Crippen LogP contribution is -2.51. The van der Waals surface area contributed by atoms with Crippen LogP contribution in [0.2, 0.25) is 0 Å². The number of hydrogen-bond acceptors (Lipinski definition) is 3. The molecule has 1 amide bonds. The molecule has 1 aromatic rings. The summed E-state index contributed by atoms with van der Waals surface area (Å²) in [5.74, 6) is 0.103. The normalized spacial score (nSPS) is 21.4. The predicted molar refractivity (Wildman–Crippen MR) is 57.6 cm³/mol. The molecule has 1 fully saturated rings. The summed E-state index contributed by atoms with van der Waals surface area (Å²) in [6.45, 7) is 4.52. The third-order valence-corrected chi connectivity index (χ3v) is 2.58. The van der Waals surface area contributed by atoms with Gasteiger partial charge in [0.25, 0.3) is 5.91 Å². The minimum absolute atomic E-state index is 0.103. The summed E-state index contributed by atoms with van der Waals surface area (Å²) in [5, 5.41) is 3.31. The molecule has 4 nitrogen and oxygen atoms in total. The van der Waals surface area contributed by atoms with Gasteiger partial charge in [-0.25, -0.2) is 0 Å². The van der Waals surface area contributed by atoms with Gasteiger partial charge in [-0.1, -0.05) is 0 Å². The van der Waals surface area contributed by atoms with Crippen LogP contribution >= 0.6 is 0 Å². The van der Waals surface area contributed by atoms with Crippen molar-refractivity contribution in [3.63, 3.8) is 0 Å². The van der Waals surface area contributed by atoms with Gasteiger partial charge < -0.3 is 10.2 Å². The Kier molecular flexibility index (Phi) is 2.97. The molecule has 2 rings (SSSR count). The molecule has 2 heterocycles. The zero-order chi connectivity index (χ0) is 10.7. The molecular weight excluding hydrogens is 190 g/mol. The summed E-state index contributed by atoms with van der Waals surface area (Å²) < 4.78 is 0. The standard InChI is InChI=1S/C11H15N3O/c1-9-8-14(7-6-13-9)11(15)10-2-4-12-5-3-10/h2-5,9,13H,6-8H2,1H3/t9-/m0/s1. The van der Waals surface area contributed by atoms with Crippen LogP contribution in [0.3, 0.4) is 0 Å². The van der Waals surface area contributed by atoms with Gasteiger partial charge in [0.1, 0.15) is 0 Å². The number of rotatable bonds is 1. The van der Waals surface area contributed by atoms with Gasteiger partial charge in [-0.3, -0.25) is 9.78 Å². The minimum atomic E-state index is 0.103. The smallest absolute Gasteiger partial charge is 0.254 e. The third-order valence-electron chi connectivity index (χ3n) is 2.58. The zero-order valence-electron chi connectivity index (χ0n) is 8.81. The number of carbonyl (C=O) groups excluding carboxylic acids is 1. The zero-order valence-corrected chi connectivity index (χ0v) is 8.81. The fourth-order valence-corrected chi connectivity index (χ4v) is 1.79. The molecule has 0 unspecified atom stereocenters. The van der Waals surface area contributed by atoms with E-state index in [1.54, 1.807) is 24.5 Å². The van der Waals surface area contributed by atoms with Crippen molar-refractivity contribution in [1.29, 1.82) is 0 Å². The molecule has 0 bridgehead atoms. The number of carbonyl (C=O) groups is 1. The Morgan fingerprint density at radius 1 is 1.53 bits per heavy atom. The van der Waals surface area contributed by atoms with E-state index in [1.165, 1.54) is 0 Å². The average molecular weight is 205 g/mol. The van der Waals surface area contributed by atoms with E-state index >= 15 is 0 Å². The number of aromatic nitrogens is 1. The molecule has 1 N–H and O–H groups in total. The summed E-state index contributed by atoms with van der Waals surface area (Å²) in [5.41, 5.74) is 0.721. The van der Waals surface area contributed by atoms with E-state index in [9.17, 15) is 4.79 Å². The SMILES string of the molecule is C[C@H]1CN(C(=O)c2ccncc2)CCN1. The van der Waals surface area contributed by atoms with Gasteiger partial charge in [-0.2, -0.15) is 0 Å². The molecule has 1 aliphatic rings. The molecule has 4 heteroatoms. The topological polar surface area (TPSA) is 45.2 Å². The lowest BCUT2D eigenvalue weighted by Gasteiger charge is -2.31. The Morgan fingerprint density at radius 2 is 2.27 bits per heavy atom. The number of hydrogen-bond donors (Lipinski definition) is 1. The Bertz CT molecular complexity index is 339. The molecule has 0 aromatic carbocycles. The van der Waals surface area contributed by atoms with Crippen LogP contribution in [0.1, 0.15) is 17.3 Å². The fraction of sp³-hybridized carbons (Fsp3) is 0.455. The highest BCUT2D eigenvalue weighted by Gasteiger charge is 2.21. The highest BCUT2D eigenvalue weighted by Crippen LogP contribution is 2.06. The van der Waals surface area contributed by atoms with E-state index in [-0.39, 0.29) is 5.91 Å². The van der Waals surface area contributed by atoms with E-state index in [0.717, 1.165) is 25.2 Å². The Morgan fingerprint density at radius 3 is 2.93 bits per heavy atom. The molecular formula is C11H15N3O. The average Bonchev–Trinajstić information content (AvgIpc) is 2.29. The second kappa shape index (κ2) is 4.40. The second-order valence-corrected chi connectivity index (χ2v) is 3.84. The molecule has 1 saturated heterocycles. The largest absolute Gasteiger partial charge is 0.336 e. The van der Waals surface area contributed by atoms with Gasteiger partial charge >= 0.3 is 0 Å². The maximum atomic E-state index is 12.0. The van der Waals surface area contributed by atoms with Crippen molar-refractivity contribution in [1.82, 2.24) is 15.2 Å². The maximum Gasteiger partial charge on any atom is 0.254 e. The number of nitrogens with one attached hydrogen (secondary N) is 1. The first-order valence-electron chi connectivity index (χ1n) is 5.20. The minimum Gasteiger partial charge on any atom is -0.336 e. The second-order valence-electron chi connectivity index (χ2n) is 3.84. The van der Waals surface area contributed by atoms with Crippen LogP contribution in [0.25, 0.3) is 0 Å². The summed E-state index contributed by atoms with van der Waals surface area (Å²) in [7, 11) is 0. The van der Waals surface area contributed by atoms with Gasteiger partial charge in [0, 0.05) is 43.6 Å². The van der Waals surface area contributed by atoms with Crippen LogP contribution in [-0.2, 0) is 0 Å². The first kappa shape index (κ1) is 10.1. The van der Waals surface area contributed by atoms with Crippen molar-refractivity contribution in [3.8, 4) is 0 Å². The van der Waals surface area contributed by atoms with Gasteiger partial charge in [0.2, 0.25) is 0 Å². The highest BCUT2D eigenvalue weighted by atomic mass is 16.2. The molecule has 15 heavy (non-hydrogen) atoms. The van der Waals surface area contributed by atoms with Crippen LogP contribution in [0.15, 0.2) is 24.5 Å². The summed E-state index contributed by atoms with van der Waals surface area (Å²) >= 11 is 0. The van der Waals surface area contributed by atoms with Gasteiger partial charge in [-0.05, 0) is 19.1 Å². The van der Waals surface area contributed by atoms with Gasteiger partial charge in [0.05, 0.1) is 0 Å². The molecule has 80 valence electrons. The first-order valence-corrected chi connectivity index (χ1v) is 5.20. The molecule has 0 spiro atoms. The Hall–Kier alpha value is -1.42. The van der Waals surface area contributed by atoms with Crippen molar-refractivity contribution < 1.29 is 4.79 Å². The number of nitrogens with zero attached hydrogens (tertiary/aromatic N) is 2. The summed E-state index contributed by atoms with van der Waals surface area (Å²) in [4.78, 5) is 17.8. The van der Waals surface area contributed by atoms with Crippen molar-refractivity contribution in [2.75, 3.05) is 19.6 Å². The lowest BCUT2D eigenvalue weighted by molar-refractivity contribution is 0.0709. The van der Waals surface area contributed by atoms with Crippen molar-refractivity contribution >= 4 is 5.91 Å². The Balaban J connectivity index is 2.08. The summed E-state index contributed by atoms with van der Waals surface area (Å²) in [6.07, 6.45) is 3.30. The van der Waals surface area contributed by atoms with E-state index in [4.69, 9.17) is 0 Å². The highest BCUT2D eigenvalue weighted by molar-refractivity contribution is 5.94. The van der Waals surface area contributed by atoms with Gasteiger partial charge in [0.15, 0.2) is 0 Å². The van der Waals surface area contributed by atoms with E-state index < -0.39 is 0 Å². The summed E-state index contributed by atoms with van der Waals surface area (Å²) in [6, 6.07) is 3.90. The van der Waals surface area contributed by atoms with Crippen LogP contribution in [-0.4, -0.2) is 41.5 Å². The van der Waals surface area contributed by atoms with E-state index in [2.05, 4.69) is 17.2 Å².